The molecule has 1 rings (SSSR count). The number of nitrogens with one attached hydrogen (secondary N) is 3. The molecule has 0 bridgehead atoms. The number of ether oxygens (including phenoxy) is 2. The number of methoxy groups -OCH3 is 2. The zero-order valence-corrected chi connectivity index (χ0v) is 14.7. The summed E-state index contributed by atoms with van der Waals surface area (Å²) in [5, 5.41) is 2.76. The van der Waals surface area contributed by atoms with Gasteiger partial charge in [-0.1, -0.05) is 13.8 Å². The van der Waals surface area contributed by atoms with Crippen LogP contribution in [0.5, 0.6) is 11.5 Å². The van der Waals surface area contributed by atoms with E-state index in [2.05, 4.69) is 16.2 Å². The first-order valence-corrected chi connectivity index (χ1v) is 7.61. The fourth-order valence-electron chi connectivity index (χ4n) is 1.80. The number of hydrogen-bond donors (Lipinski definition) is 3. The highest BCUT2D eigenvalue weighted by atomic mass is 16.5. The monoisotopic (exact) mass is 335 g/mol. The Morgan fingerprint density at radius 1 is 1.17 bits per heavy atom. The topological polar surface area (TPSA) is 88.7 Å². The van der Waals surface area contributed by atoms with Gasteiger partial charge in [-0.25, -0.2) is 0 Å². The summed E-state index contributed by atoms with van der Waals surface area (Å²) in [7, 11) is 3.01. The third-order valence-corrected chi connectivity index (χ3v) is 3.06. The highest BCUT2D eigenvalue weighted by Crippen LogP contribution is 2.24. The van der Waals surface area contributed by atoms with Gasteiger partial charge in [0.2, 0.25) is 5.91 Å². The average molecular weight is 335 g/mol. The normalized spacial score (nSPS) is 11.0. The fraction of sp³-hybridized carbons (Fsp3) is 0.412. The van der Waals surface area contributed by atoms with Crippen LogP contribution in [0.4, 0.5) is 0 Å². The zero-order valence-electron chi connectivity index (χ0n) is 14.7. The molecule has 0 radical (unpaired) electrons. The molecule has 132 valence electrons. The van der Waals surface area contributed by atoms with Crippen molar-refractivity contribution in [3.8, 4) is 11.5 Å². The molecule has 7 heteroatoms. The minimum atomic E-state index is -0.384. The van der Waals surface area contributed by atoms with E-state index in [1.165, 1.54) is 20.3 Å². The highest BCUT2D eigenvalue weighted by molar-refractivity contribution is 5.97. The zero-order chi connectivity index (χ0) is 18.1. The van der Waals surface area contributed by atoms with Crippen molar-refractivity contribution < 1.29 is 19.1 Å². The molecular formula is C17H25N3O4. The van der Waals surface area contributed by atoms with E-state index < -0.39 is 0 Å². The summed E-state index contributed by atoms with van der Waals surface area (Å²) >= 11 is 0. The molecule has 0 aromatic heterocycles. The summed E-state index contributed by atoms with van der Waals surface area (Å²) in [6.45, 7) is 6.30. The second-order valence-electron chi connectivity index (χ2n) is 5.61. The molecule has 2 amide bonds. The van der Waals surface area contributed by atoms with Gasteiger partial charge in [-0.15, -0.1) is 0 Å². The maximum Gasteiger partial charge on any atom is 0.273 e. The smallest absolute Gasteiger partial charge is 0.273 e. The Balaban J connectivity index is 2.64. The Hall–Kier alpha value is -2.70. The lowest BCUT2D eigenvalue weighted by Crippen LogP contribution is -2.37. The average Bonchev–Trinajstić information content (AvgIpc) is 2.57. The molecule has 1 aromatic rings. The van der Waals surface area contributed by atoms with Crippen LogP contribution in [0.1, 0.15) is 31.1 Å². The van der Waals surface area contributed by atoms with Crippen LogP contribution in [-0.2, 0) is 4.79 Å². The summed E-state index contributed by atoms with van der Waals surface area (Å²) in [6, 6.07) is 4.89. The van der Waals surface area contributed by atoms with E-state index in [1.54, 1.807) is 25.1 Å². The fourth-order valence-corrected chi connectivity index (χ4v) is 1.80. The lowest BCUT2D eigenvalue weighted by molar-refractivity contribution is -0.116. The van der Waals surface area contributed by atoms with Gasteiger partial charge in [0.15, 0.2) is 0 Å². The number of amides is 2. The molecule has 0 atom stereocenters. The third kappa shape index (κ3) is 6.20. The van der Waals surface area contributed by atoms with Gasteiger partial charge in [-0.2, -0.15) is 0 Å². The maximum atomic E-state index is 12.2. The van der Waals surface area contributed by atoms with Crippen molar-refractivity contribution in [3.05, 3.63) is 35.5 Å². The van der Waals surface area contributed by atoms with E-state index in [4.69, 9.17) is 9.47 Å². The summed E-state index contributed by atoms with van der Waals surface area (Å²) in [6.07, 6.45) is 1.38. The van der Waals surface area contributed by atoms with Crippen LogP contribution >= 0.6 is 0 Å². The molecule has 1 aromatic carbocycles. The van der Waals surface area contributed by atoms with E-state index >= 15 is 0 Å². The molecule has 0 spiro atoms. The molecule has 0 saturated heterocycles. The lowest BCUT2D eigenvalue weighted by Gasteiger charge is -2.12. The van der Waals surface area contributed by atoms with Crippen LogP contribution < -0.4 is 25.6 Å². The molecule has 3 N–H and O–H groups in total. The first kappa shape index (κ1) is 19.3. The van der Waals surface area contributed by atoms with Crippen molar-refractivity contribution in [1.29, 1.82) is 0 Å². The van der Waals surface area contributed by atoms with Crippen LogP contribution in [0.25, 0.3) is 0 Å². The molecule has 0 saturated carbocycles. The highest BCUT2D eigenvalue weighted by Gasteiger charge is 2.13. The summed E-state index contributed by atoms with van der Waals surface area (Å²) < 4.78 is 10.3. The van der Waals surface area contributed by atoms with Gasteiger partial charge in [0.1, 0.15) is 11.5 Å². The number of hydrazine groups is 1. The van der Waals surface area contributed by atoms with Crippen molar-refractivity contribution in [3.63, 3.8) is 0 Å². The number of allylic oxidation sites excluding steroid dienone is 1. The predicted molar refractivity (Wildman–Crippen MR) is 91.8 cm³/mol. The Kier molecular flexibility index (Phi) is 7.61. The number of carbonyl (C=O) groups excluding carboxylic acids is 2. The number of carbonyl (C=O) groups is 2. The molecule has 0 aliphatic heterocycles. The Morgan fingerprint density at radius 3 is 2.46 bits per heavy atom. The SMILES string of the molecule is COc1ccc(C(=O)NNC(C)=CC(=O)NCC(C)C)c(OC)c1. The molecule has 0 aliphatic carbocycles. The number of rotatable bonds is 8. The molecule has 0 heterocycles. The van der Waals surface area contributed by atoms with E-state index in [0.29, 0.717) is 35.2 Å². The summed E-state index contributed by atoms with van der Waals surface area (Å²) in [5.74, 6) is 0.756. The predicted octanol–water partition coefficient (Wildman–Crippen LogP) is 1.61. The molecule has 0 unspecified atom stereocenters. The maximum absolute atomic E-state index is 12.2. The minimum Gasteiger partial charge on any atom is -0.497 e. The second-order valence-corrected chi connectivity index (χ2v) is 5.61. The van der Waals surface area contributed by atoms with E-state index in [9.17, 15) is 9.59 Å². The van der Waals surface area contributed by atoms with Crippen LogP contribution in [0, 0.1) is 5.92 Å². The molecule has 0 aliphatic rings. The van der Waals surface area contributed by atoms with Crippen LogP contribution in [0.15, 0.2) is 30.0 Å². The first-order chi connectivity index (χ1) is 11.4. The standard InChI is InChI=1S/C17H25N3O4/c1-11(2)10-18-16(21)8-12(3)19-20-17(22)14-7-6-13(23-4)9-15(14)24-5/h6-9,11,19H,10H2,1-5H3,(H,18,21)(H,20,22). The quantitative estimate of drug-likeness (QED) is 0.496. The number of hydrogen-bond acceptors (Lipinski definition) is 5. The van der Waals surface area contributed by atoms with E-state index in [-0.39, 0.29) is 11.8 Å². The van der Waals surface area contributed by atoms with Gasteiger partial charge < -0.3 is 20.2 Å². The largest absolute Gasteiger partial charge is 0.497 e. The molecule has 24 heavy (non-hydrogen) atoms. The Labute approximate surface area is 142 Å². The molecule has 7 nitrogen and oxygen atoms in total. The molecular weight excluding hydrogens is 310 g/mol. The van der Waals surface area contributed by atoms with Crippen molar-refractivity contribution in [2.45, 2.75) is 20.8 Å². The van der Waals surface area contributed by atoms with Crippen LogP contribution in [0.2, 0.25) is 0 Å². The summed E-state index contributed by atoms with van der Waals surface area (Å²) in [5.41, 5.74) is 6.08. The van der Waals surface area contributed by atoms with Gasteiger partial charge in [-0.3, -0.25) is 15.0 Å². The van der Waals surface area contributed by atoms with E-state index in [0.717, 1.165) is 0 Å². The molecule has 0 fully saturated rings. The van der Waals surface area contributed by atoms with E-state index in [1.807, 2.05) is 13.8 Å². The van der Waals surface area contributed by atoms with Gasteiger partial charge in [0.05, 0.1) is 19.8 Å². The van der Waals surface area contributed by atoms with Crippen LogP contribution in [-0.4, -0.2) is 32.6 Å². The summed E-state index contributed by atoms with van der Waals surface area (Å²) in [4.78, 5) is 23.9. The van der Waals surface area contributed by atoms with Crippen molar-refractivity contribution >= 4 is 11.8 Å². The second kappa shape index (κ2) is 9.44. The van der Waals surface area contributed by atoms with Crippen molar-refractivity contribution in [2.24, 2.45) is 5.92 Å². The van der Waals surface area contributed by atoms with Gasteiger partial charge in [0, 0.05) is 24.4 Å². The number of benzene rings is 1. The first-order valence-electron chi connectivity index (χ1n) is 7.61. The van der Waals surface area contributed by atoms with Crippen molar-refractivity contribution in [2.75, 3.05) is 20.8 Å². The van der Waals surface area contributed by atoms with Crippen LogP contribution in [0.3, 0.4) is 0 Å². The minimum absolute atomic E-state index is 0.218. The Morgan fingerprint density at radius 2 is 1.88 bits per heavy atom. The lowest BCUT2D eigenvalue weighted by atomic mass is 10.2. The van der Waals surface area contributed by atoms with Gasteiger partial charge in [0.25, 0.3) is 5.91 Å². The third-order valence-electron chi connectivity index (χ3n) is 3.06. The van der Waals surface area contributed by atoms with Crippen molar-refractivity contribution in [1.82, 2.24) is 16.2 Å². The Bertz CT molecular complexity index is 612. The van der Waals surface area contributed by atoms with Gasteiger partial charge >= 0.3 is 0 Å². The van der Waals surface area contributed by atoms with Gasteiger partial charge in [-0.05, 0) is 25.0 Å².